The van der Waals surface area contributed by atoms with Crippen LogP contribution in [0.3, 0.4) is 0 Å². The molecule has 2 heterocycles. The number of nitrogens with one attached hydrogen (secondary N) is 2. The molecule has 2 fully saturated rings. The first-order valence-electron chi connectivity index (χ1n) is 8.20. The predicted octanol–water partition coefficient (Wildman–Crippen LogP) is 1.92. The van der Waals surface area contributed by atoms with E-state index < -0.39 is 5.92 Å². The van der Waals surface area contributed by atoms with Crippen molar-refractivity contribution >= 4 is 33.4 Å². The molecule has 0 aliphatic carbocycles. The zero-order chi connectivity index (χ0) is 16.2. The molecule has 2 aliphatic heterocycles. The Bertz CT molecular complexity index is 587. The molecule has 2 saturated heterocycles. The van der Waals surface area contributed by atoms with Gasteiger partial charge in [0.1, 0.15) is 5.92 Å². The molecule has 124 valence electrons. The van der Waals surface area contributed by atoms with Gasteiger partial charge in [-0.25, -0.2) is 0 Å². The van der Waals surface area contributed by atoms with Crippen LogP contribution in [-0.2, 0) is 9.59 Å². The fraction of sp³-hybridized carbons (Fsp3) is 0.529. The van der Waals surface area contributed by atoms with Crippen molar-refractivity contribution in [2.24, 2.45) is 11.8 Å². The van der Waals surface area contributed by atoms with Gasteiger partial charge in [0.25, 0.3) is 0 Å². The van der Waals surface area contributed by atoms with E-state index in [0.29, 0.717) is 25.4 Å². The van der Waals surface area contributed by atoms with Crippen LogP contribution in [0, 0.1) is 11.8 Å². The minimum Gasteiger partial charge on any atom is -0.355 e. The molecule has 0 spiro atoms. The molecule has 2 atom stereocenters. The molecule has 5 nitrogen and oxygen atoms in total. The molecule has 1 aromatic carbocycles. The number of rotatable bonds is 4. The minimum atomic E-state index is -0.550. The highest BCUT2D eigenvalue weighted by Gasteiger charge is 2.37. The molecule has 23 heavy (non-hydrogen) atoms. The van der Waals surface area contributed by atoms with Crippen LogP contribution in [-0.4, -0.2) is 38.0 Å². The Morgan fingerprint density at radius 2 is 2.26 bits per heavy atom. The Hall–Kier alpha value is -1.40. The minimum absolute atomic E-state index is 0.0950. The Balaban J connectivity index is 1.56. The van der Waals surface area contributed by atoms with Gasteiger partial charge in [-0.1, -0.05) is 22.0 Å². The van der Waals surface area contributed by atoms with E-state index in [1.807, 2.05) is 24.3 Å². The van der Waals surface area contributed by atoms with Crippen LogP contribution in [0.1, 0.15) is 19.3 Å². The van der Waals surface area contributed by atoms with Crippen molar-refractivity contribution in [3.8, 4) is 0 Å². The Morgan fingerprint density at radius 1 is 1.39 bits per heavy atom. The van der Waals surface area contributed by atoms with E-state index >= 15 is 0 Å². The molecule has 2 aliphatic rings. The molecular weight excluding hydrogens is 358 g/mol. The van der Waals surface area contributed by atoms with Gasteiger partial charge in [0, 0.05) is 23.2 Å². The van der Waals surface area contributed by atoms with Crippen molar-refractivity contribution in [2.45, 2.75) is 19.3 Å². The maximum atomic E-state index is 12.5. The average Bonchev–Trinajstić information content (AvgIpc) is 2.95. The molecule has 6 heteroatoms. The van der Waals surface area contributed by atoms with E-state index in [9.17, 15) is 9.59 Å². The maximum Gasteiger partial charge on any atom is 0.239 e. The van der Waals surface area contributed by atoms with E-state index in [4.69, 9.17) is 0 Å². The summed E-state index contributed by atoms with van der Waals surface area (Å²) in [5.41, 5.74) is 0.844. The second-order valence-corrected chi connectivity index (χ2v) is 7.18. The molecule has 0 radical (unpaired) electrons. The number of halogens is 1. The van der Waals surface area contributed by atoms with Crippen LogP contribution in [0.25, 0.3) is 0 Å². The third kappa shape index (κ3) is 3.93. The quantitative estimate of drug-likeness (QED) is 0.785. The van der Waals surface area contributed by atoms with E-state index in [1.54, 1.807) is 4.90 Å². The van der Waals surface area contributed by atoms with E-state index in [1.165, 1.54) is 0 Å². The fourth-order valence-electron chi connectivity index (χ4n) is 3.29. The van der Waals surface area contributed by atoms with Gasteiger partial charge in [-0.05, 0) is 56.5 Å². The number of carbonyl (C=O) groups is 2. The van der Waals surface area contributed by atoms with Crippen molar-refractivity contribution in [1.29, 1.82) is 0 Å². The van der Waals surface area contributed by atoms with Crippen LogP contribution < -0.4 is 15.5 Å². The van der Waals surface area contributed by atoms with Gasteiger partial charge in [0.05, 0.1) is 0 Å². The second kappa shape index (κ2) is 7.45. The lowest BCUT2D eigenvalue weighted by Crippen LogP contribution is -2.42. The highest BCUT2D eigenvalue weighted by atomic mass is 79.9. The zero-order valence-corrected chi connectivity index (χ0v) is 14.6. The molecular formula is C17H22BrN3O2. The molecule has 2 amide bonds. The smallest absolute Gasteiger partial charge is 0.239 e. The zero-order valence-electron chi connectivity index (χ0n) is 13.1. The van der Waals surface area contributed by atoms with Crippen LogP contribution in [0.4, 0.5) is 5.69 Å². The monoisotopic (exact) mass is 379 g/mol. The summed E-state index contributed by atoms with van der Waals surface area (Å²) in [4.78, 5) is 26.6. The lowest BCUT2D eigenvalue weighted by molar-refractivity contribution is -0.132. The summed E-state index contributed by atoms with van der Waals surface area (Å²) < 4.78 is 0.931. The SMILES string of the molecule is O=C(NCC1CCCNC1)C1CCN(c2cccc(Br)c2)C1=O. The second-order valence-electron chi connectivity index (χ2n) is 6.27. The van der Waals surface area contributed by atoms with E-state index in [0.717, 1.165) is 36.1 Å². The van der Waals surface area contributed by atoms with Crippen LogP contribution in [0.5, 0.6) is 0 Å². The first kappa shape index (κ1) is 16.5. The fourth-order valence-corrected chi connectivity index (χ4v) is 3.68. The number of anilines is 1. The van der Waals surface area contributed by atoms with Gasteiger partial charge in [-0.15, -0.1) is 0 Å². The third-order valence-electron chi connectivity index (χ3n) is 4.61. The van der Waals surface area contributed by atoms with Gasteiger partial charge in [-0.2, -0.15) is 0 Å². The molecule has 2 N–H and O–H groups in total. The van der Waals surface area contributed by atoms with E-state index in [-0.39, 0.29) is 11.8 Å². The summed E-state index contributed by atoms with van der Waals surface area (Å²) in [6.45, 7) is 3.26. The summed E-state index contributed by atoms with van der Waals surface area (Å²) in [6, 6.07) is 7.63. The summed E-state index contributed by atoms with van der Waals surface area (Å²) in [5, 5.41) is 6.31. The van der Waals surface area contributed by atoms with Crippen molar-refractivity contribution in [3.05, 3.63) is 28.7 Å². The lowest BCUT2D eigenvalue weighted by atomic mass is 9.99. The molecule has 0 saturated carbocycles. The van der Waals surface area contributed by atoms with Crippen molar-refractivity contribution in [1.82, 2.24) is 10.6 Å². The van der Waals surface area contributed by atoms with E-state index in [2.05, 4.69) is 26.6 Å². The highest BCUT2D eigenvalue weighted by molar-refractivity contribution is 9.10. The predicted molar refractivity (Wildman–Crippen MR) is 93.2 cm³/mol. The molecule has 3 rings (SSSR count). The van der Waals surface area contributed by atoms with Crippen molar-refractivity contribution in [3.63, 3.8) is 0 Å². The molecule has 0 bridgehead atoms. The number of nitrogens with zero attached hydrogens (tertiary/aromatic N) is 1. The number of hydrogen-bond donors (Lipinski definition) is 2. The number of piperidine rings is 1. The standard InChI is InChI=1S/C17H22BrN3O2/c18-13-4-1-5-14(9-13)21-8-6-15(17(21)23)16(22)20-11-12-3-2-7-19-10-12/h1,4-5,9,12,15,19H,2-3,6-8,10-11H2,(H,20,22). The summed E-state index contributed by atoms with van der Waals surface area (Å²) in [7, 11) is 0. The Kier molecular flexibility index (Phi) is 5.33. The average molecular weight is 380 g/mol. The molecule has 1 aromatic rings. The van der Waals surface area contributed by atoms with Gasteiger partial charge < -0.3 is 15.5 Å². The Morgan fingerprint density at radius 3 is 3.00 bits per heavy atom. The molecule has 0 aromatic heterocycles. The van der Waals surface area contributed by atoms with Gasteiger partial charge >= 0.3 is 0 Å². The topological polar surface area (TPSA) is 61.4 Å². The van der Waals surface area contributed by atoms with Gasteiger partial charge in [0.2, 0.25) is 11.8 Å². The largest absolute Gasteiger partial charge is 0.355 e. The van der Waals surface area contributed by atoms with Gasteiger partial charge in [0.15, 0.2) is 0 Å². The Labute approximate surface area is 144 Å². The van der Waals surface area contributed by atoms with Crippen molar-refractivity contribution in [2.75, 3.05) is 31.1 Å². The first-order chi connectivity index (χ1) is 11.1. The number of hydrogen-bond acceptors (Lipinski definition) is 3. The van der Waals surface area contributed by atoms with Crippen LogP contribution in [0.2, 0.25) is 0 Å². The first-order valence-corrected chi connectivity index (χ1v) is 9.00. The van der Waals surface area contributed by atoms with Crippen LogP contribution in [0.15, 0.2) is 28.7 Å². The number of amides is 2. The summed E-state index contributed by atoms with van der Waals surface area (Å²) in [6.07, 6.45) is 2.87. The highest BCUT2D eigenvalue weighted by Crippen LogP contribution is 2.27. The summed E-state index contributed by atoms with van der Waals surface area (Å²) in [5.74, 6) is -0.295. The number of benzene rings is 1. The van der Waals surface area contributed by atoms with Crippen molar-refractivity contribution < 1.29 is 9.59 Å². The van der Waals surface area contributed by atoms with Crippen LogP contribution >= 0.6 is 15.9 Å². The number of carbonyl (C=O) groups excluding carboxylic acids is 2. The maximum absolute atomic E-state index is 12.5. The third-order valence-corrected chi connectivity index (χ3v) is 5.10. The normalized spacial score (nSPS) is 24.7. The molecule has 2 unspecified atom stereocenters. The lowest BCUT2D eigenvalue weighted by Gasteiger charge is -2.23. The van der Waals surface area contributed by atoms with Gasteiger partial charge in [-0.3, -0.25) is 9.59 Å². The summed E-state index contributed by atoms with van der Waals surface area (Å²) >= 11 is 3.42.